The van der Waals surface area contributed by atoms with Gasteiger partial charge >= 0.3 is 11.9 Å². The average molecular weight is 1150 g/mol. The molecule has 432 valence electrons. The number of guanidine groups is 1. The summed E-state index contributed by atoms with van der Waals surface area (Å²) in [7, 11) is 3.36. The number of nitrogens with one attached hydrogen (secondary N) is 6. The summed E-state index contributed by atoms with van der Waals surface area (Å²) in [6.45, 7) is -0.752. The Morgan fingerprint density at radius 1 is 0.902 bits per heavy atom. The van der Waals surface area contributed by atoms with Gasteiger partial charge in [-0.1, -0.05) is 6.07 Å². The summed E-state index contributed by atoms with van der Waals surface area (Å²) >= 11 is 5.51. The van der Waals surface area contributed by atoms with Crippen molar-refractivity contribution in [2.45, 2.75) is 100 Å². The number of carbonyl (C=O) groups excluding carboxylic acids is 6. The molecule has 0 bridgehead atoms. The molecule has 1 saturated heterocycles. The molecule has 3 aliphatic rings. The fourth-order valence-corrected chi connectivity index (χ4v) is 9.55. The van der Waals surface area contributed by atoms with Gasteiger partial charge in [-0.25, -0.2) is 18.4 Å². The number of benzene rings is 3. The lowest BCUT2D eigenvalue weighted by Gasteiger charge is -2.36. The lowest BCUT2D eigenvalue weighted by atomic mass is 9.77. The number of hydrogen-bond acceptors (Lipinski definition) is 15. The number of alkyl halides is 2. The van der Waals surface area contributed by atoms with Crippen LogP contribution in [-0.4, -0.2) is 141 Å². The van der Waals surface area contributed by atoms with Crippen molar-refractivity contribution in [2.24, 2.45) is 10.7 Å². The number of phenolic OH excluding ortho intramolecular Hbond substituents is 2. The Bertz CT molecular complexity index is 3210. The lowest BCUT2D eigenvalue weighted by molar-refractivity contribution is -0.142. The van der Waals surface area contributed by atoms with Crippen LogP contribution in [0.1, 0.15) is 101 Å². The fourth-order valence-electron chi connectivity index (χ4n) is 9.33. The van der Waals surface area contributed by atoms with Gasteiger partial charge in [0.2, 0.25) is 23.6 Å². The first kappa shape index (κ1) is 60.1. The van der Waals surface area contributed by atoms with Crippen LogP contribution >= 0.6 is 12.2 Å². The van der Waals surface area contributed by atoms with Gasteiger partial charge in [-0.2, -0.15) is 5.26 Å². The number of likely N-dealkylation sites (tertiary alicyclic amines) is 1. The van der Waals surface area contributed by atoms with E-state index >= 15 is 0 Å². The van der Waals surface area contributed by atoms with Crippen LogP contribution in [0.4, 0.5) is 14.5 Å². The molecule has 1 spiro atoms. The lowest BCUT2D eigenvalue weighted by Crippen LogP contribution is -2.55. The number of anilines is 1. The standard InChI is InChI=1S/C55H59F2N11O13S/c1-4-8-40(65-49(75)41(10-7-20-60-52(59)67(2)3)64-47(73)30-21-35(79-28-30)27-62-45(71)17-18-46(72)68-29-54(56,57)25-32(68)26-58)48(74)66-42(50(76)77)9-5-6-19-61-53(82)63-31-11-14-37-36(22-31)51(78)81-55(37)38-15-12-33(69)23-43(38)80-44-24-34(70)13-16-39(44)55/h1,11-16,21-24,28,32,40-42,69-70H,5-10,17-20,25,27,29H2,2-3H3,(H2,59,60)(H,62,71)(H,64,73)(H,65,75)(H,66,74)(H,76,77)(H2,61,63,82)/t32-,40-,41-,42-/m0/s1. The van der Waals surface area contributed by atoms with Gasteiger partial charge in [0, 0.05) is 87.4 Å². The van der Waals surface area contributed by atoms with Crippen LogP contribution in [0, 0.1) is 23.7 Å². The molecule has 7 rings (SSSR count). The number of nitriles is 1. The first-order valence-corrected chi connectivity index (χ1v) is 26.2. The van der Waals surface area contributed by atoms with Crippen LogP contribution in [0.15, 0.2) is 76.3 Å². The van der Waals surface area contributed by atoms with Crippen molar-refractivity contribution in [3.05, 3.63) is 101 Å². The predicted molar refractivity (Wildman–Crippen MR) is 292 cm³/mol. The second-order valence-electron chi connectivity index (χ2n) is 19.6. The topological polar surface area (TPSA) is 353 Å². The van der Waals surface area contributed by atoms with Gasteiger partial charge in [-0.3, -0.25) is 29.0 Å². The summed E-state index contributed by atoms with van der Waals surface area (Å²) in [6.07, 6.45) is 5.50. The van der Waals surface area contributed by atoms with Crippen LogP contribution in [0.5, 0.6) is 23.0 Å². The third-order valence-electron chi connectivity index (χ3n) is 13.5. The summed E-state index contributed by atoms with van der Waals surface area (Å²) in [5.41, 5.74) is 6.47. The third kappa shape index (κ3) is 14.5. The zero-order valence-electron chi connectivity index (χ0n) is 44.4. The number of phenols is 2. The van der Waals surface area contributed by atoms with Crippen molar-refractivity contribution in [1.82, 2.24) is 36.4 Å². The first-order valence-electron chi connectivity index (χ1n) is 25.8. The highest BCUT2D eigenvalue weighted by molar-refractivity contribution is 7.80. The summed E-state index contributed by atoms with van der Waals surface area (Å²) in [6, 6.07) is 11.3. The van der Waals surface area contributed by atoms with Gasteiger partial charge in [-0.05, 0) is 86.8 Å². The van der Waals surface area contributed by atoms with Crippen molar-refractivity contribution in [2.75, 3.05) is 39.0 Å². The molecule has 5 amide bonds. The molecule has 0 saturated carbocycles. The Kier molecular flexibility index (Phi) is 19.2. The smallest absolute Gasteiger partial charge is 0.340 e. The van der Waals surface area contributed by atoms with Gasteiger partial charge in [0.15, 0.2) is 16.7 Å². The Balaban J connectivity index is 0.897. The number of carboxylic acid groups (broad SMARTS) is 1. The molecule has 24 nitrogen and oxygen atoms in total. The van der Waals surface area contributed by atoms with E-state index in [-0.39, 0.29) is 109 Å². The number of ether oxygens (including phenoxy) is 2. The van der Waals surface area contributed by atoms with Crippen LogP contribution < -0.4 is 42.4 Å². The monoisotopic (exact) mass is 1150 g/mol. The van der Waals surface area contributed by atoms with Crippen LogP contribution in [0.2, 0.25) is 0 Å². The van der Waals surface area contributed by atoms with Gasteiger partial charge in [0.05, 0.1) is 30.3 Å². The number of fused-ring (bicyclic) bond motifs is 6. The number of nitrogens with zero attached hydrogens (tertiary/aromatic N) is 4. The third-order valence-corrected chi connectivity index (χ3v) is 13.7. The van der Waals surface area contributed by atoms with Gasteiger partial charge in [0.1, 0.15) is 59.2 Å². The van der Waals surface area contributed by atoms with Gasteiger partial charge in [0.25, 0.3) is 11.8 Å². The maximum Gasteiger partial charge on any atom is 0.340 e. The minimum atomic E-state index is -3.21. The number of halogens is 2. The molecule has 4 aromatic rings. The largest absolute Gasteiger partial charge is 0.508 e. The molecule has 1 aromatic heterocycles. The molecule has 82 heavy (non-hydrogen) atoms. The molecule has 0 radical (unpaired) electrons. The molecule has 3 aliphatic heterocycles. The van der Waals surface area contributed by atoms with Crippen LogP contribution in [-0.2, 0) is 40.9 Å². The molecule has 4 atom stereocenters. The van der Waals surface area contributed by atoms with E-state index in [1.165, 1.54) is 30.3 Å². The zero-order valence-corrected chi connectivity index (χ0v) is 45.2. The summed E-state index contributed by atoms with van der Waals surface area (Å²) in [4.78, 5) is 98.5. The van der Waals surface area contributed by atoms with E-state index in [4.69, 9.17) is 38.3 Å². The molecule has 1 fully saturated rings. The van der Waals surface area contributed by atoms with Crippen molar-refractivity contribution < 1.29 is 71.6 Å². The number of furan rings is 1. The number of carboxylic acids is 1. The maximum absolute atomic E-state index is 13.9. The number of thiocarbonyl (C=S) groups is 1. The van der Waals surface area contributed by atoms with Crippen molar-refractivity contribution in [1.29, 1.82) is 5.26 Å². The van der Waals surface area contributed by atoms with Crippen LogP contribution in [0.3, 0.4) is 0 Å². The van der Waals surface area contributed by atoms with E-state index in [0.29, 0.717) is 28.8 Å². The zero-order chi connectivity index (χ0) is 59.5. The highest BCUT2D eigenvalue weighted by Gasteiger charge is 2.54. The molecule has 11 N–H and O–H groups in total. The summed E-state index contributed by atoms with van der Waals surface area (Å²) < 4.78 is 45.2. The maximum atomic E-state index is 13.9. The highest BCUT2D eigenvalue weighted by atomic mass is 32.1. The number of rotatable bonds is 23. The van der Waals surface area contributed by atoms with E-state index in [9.17, 15) is 62.9 Å². The molecular weight excluding hydrogens is 1090 g/mol. The van der Waals surface area contributed by atoms with E-state index < -0.39 is 96.6 Å². The van der Waals surface area contributed by atoms with E-state index in [1.54, 1.807) is 55.4 Å². The Morgan fingerprint density at radius 2 is 1.56 bits per heavy atom. The molecular formula is C55H59F2N11O13S. The molecule has 3 aromatic carbocycles. The molecule has 4 heterocycles. The summed E-state index contributed by atoms with van der Waals surface area (Å²) in [5, 5.41) is 56.0. The highest BCUT2D eigenvalue weighted by Crippen LogP contribution is 2.57. The Hall–Kier alpha value is -9.50. The van der Waals surface area contributed by atoms with Gasteiger partial charge < -0.3 is 76.6 Å². The Labute approximate surface area is 473 Å². The van der Waals surface area contributed by atoms with Gasteiger partial charge in [-0.15, -0.1) is 12.3 Å². The normalized spacial score (nSPS) is 16.2. The number of terminal acetylenes is 1. The Morgan fingerprint density at radius 3 is 2.22 bits per heavy atom. The number of aliphatic carboxylic acids is 1. The number of aliphatic imine (C=N–C) groups is 1. The average Bonchev–Trinajstić information content (AvgIpc) is 2.13. The minimum absolute atomic E-state index is 0.0229. The predicted octanol–water partition coefficient (Wildman–Crippen LogP) is 3.40. The summed E-state index contributed by atoms with van der Waals surface area (Å²) in [5.74, 6) is -6.27. The number of hydrogen-bond donors (Lipinski definition) is 10. The van der Waals surface area contributed by atoms with E-state index in [0.717, 1.165) is 11.2 Å². The number of amides is 5. The molecule has 27 heteroatoms. The number of aromatic hydroxyl groups is 2. The van der Waals surface area contributed by atoms with Crippen LogP contribution in [0.25, 0.3) is 0 Å². The number of unbranched alkanes of at least 4 members (excludes halogenated alkanes) is 1. The first-order chi connectivity index (χ1) is 39.0. The second kappa shape index (κ2) is 26.2. The molecule has 0 unspecified atom stereocenters. The SMILES string of the molecule is C#CC[C@H](NC(=O)[C@H](CCCN=C(N)N(C)C)NC(=O)c1coc(CNC(=O)CCC(=O)N2CC(F)(F)C[C@H]2C#N)c1)C(=O)N[C@@H](CCCCNC(=S)Nc1ccc2c(c1)C(=O)OC21c2ccc(O)cc2Oc2cc(O)ccc21)C(=O)O. The van der Waals surface area contributed by atoms with E-state index in [1.807, 2.05) is 0 Å². The molecule has 0 aliphatic carbocycles. The van der Waals surface area contributed by atoms with E-state index in [2.05, 4.69) is 42.8 Å². The quantitative estimate of drug-likeness (QED) is 0.0127. The number of esters is 1. The second-order valence-corrected chi connectivity index (χ2v) is 20.1. The number of nitrogens with two attached hydrogens (primary N) is 1. The van der Waals surface area contributed by atoms with Crippen molar-refractivity contribution in [3.63, 3.8) is 0 Å². The number of carbonyl (C=O) groups is 7. The fraction of sp³-hybridized carbons (Fsp3) is 0.382. The minimum Gasteiger partial charge on any atom is -0.508 e. The van der Waals surface area contributed by atoms with Crippen molar-refractivity contribution in [3.8, 4) is 41.4 Å². The van der Waals surface area contributed by atoms with Crippen molar-refractivity contribution >= 4 is 70.5 Å².